The topological polar surface area (TPSA) is 155 Å². The van der Waals surface area contributed by atoms with E-state index in [4.69, 9.17) is 4.74 Å². The number of carbonyl (C=O) groups excluding carboxylic acids is 3. The van der Waals surface area contributed by atoms with E-state index in [0.29, 0.717) is 12.8 Å². The normalized spacial score (nSPS) is 33.6. The van der Waals surface area contributed by atoms with E-state index in [1.54, 1.807) is 13.0 Å². The quantitative estimate of drug-likeness (QED) is 0.312. The summed E-state index contributed by atoms with van der Waals surface area (Å²) in [4.78, 5) is 66.4. The van der Waals surface area contributed by atoms with Gasteiger partial charge in [-0.25, -0.2) is 18.4 Å². The summed E-state index contributed by atoms with van der Waals surface area (Å²) >= 11 is 0. The molecule has 6 rings (SSSR count). The van der Waals surface area contributed by atoms with Crippen molar-refractivity contribution in [3.8, 4) is 0 Å². The fourth-order valence-electron chi connectivity index (χ4n) is 10.4. The summed E-state index contributed by atoms with van der Waals surface area (Å²) in [5.41, 5.74) is -4.19. The Hall–Kier alpha value is -4.13. The van der Waals surface area contributed by atoms with Gasteiger partial charge in [0, 0.05) is 54.9 Å². The van der Waals surface area contributed by atoms with Crippen molar-refractivity contribution in [2.75, 3.05) is 18.0 Å². The van der Waals surface area contributed by atoms with Crippen LogP contribution in [0.3, 0.4) is 0 Å². The van der Waals surface area contributed by atoms with Crippen LogP contribution in [-0.2, 0) is 20.9 Å². The summed E-state index contributed by atoms with van der Waals surface area (Å²) in [5, 5.41) is 23.2. The third-order valence-electron chi connectivity index (χ3n) is 13.8. The molecule has 2 aromatic rings. The lowest BCUT2D eigenvalue weighted by atomic mass is 9.44. The molecule has 52 heavy (non-hydrogen) atoms. The molecule has 2 heterocycles. The number of carboxylic acid groups (broad SMARTS) is 1. The Morgan fingerprint density at radius 3 is 2.40 bits per heavy atom. The van der Waals surface area contributed by atoms with Crippen LogP contribution in [0.4, 0.5) is 19.3 Å². The zero-order valence-electron chi connectivity index (χ0n) is 30.5. The molecule has 8 atom stereocenters. The van der Waals surface area contributed by atoms with Crippen LogP contribution >= 0.6 is 0 Å². The lowest BCUT2D eigenvalue weighted by Crippen LogP contribution is -2.63. The van der Waals surface area contributed by atoms with Gasteiger partial charge in [0.15, 0.2) is 5.82 Å². The number of aryl methyl sites for hydroxylation is 1. The number of anilines is 1. The van der Waals surface area contributed by atoms with E-state index in [1.165, 1.54) is 9.47 Å². The van der Waals surface area contributed by atoms with Crippen LogP contribution < -0.4 is 15.6 Å². The minimum atomic E-state index is -1.50. The van der Waals surface area contributed by atoms with E-state index in [2.05, 4.69) is 18.8 Å². The Morgan fingerprint density at radius 1 is 1.12 bits per heavy atom. The second-order valence-corrected chi connectivity index (χ2v) is 16.1. The first-order valence-electron chi connectivity index (χ1n) is 18.3. The summed E-state index contributed by atoms with van der Waals surface area (Å²) in [5.74, 6) is -5.25. The van der Waals surface area contributed by atoms with Crippen LogP contribution in [0.5, 0.6) is 0 Å². The number of aliphatic hydroxyl groups is 1. The van der Waals surface area contributed by atoms with Gasteiger partial charge in [-0.1, -0.05) is 33.8 Å². The Bertz CT molecular complexity index is 1910. The maximum Gasteiger partial charge on any atom is 0.414 e. The molecule has 1 aromatic carbocycles. The molecule has 1 aromatic heterocycles. The number of fused-ring (bicyclic) bond motifs is 1. The Balaban J connectivity index is 1.19. The third kappa shape index (κ3) is 5.65. The smallest absolute Gasteiger partial charge is 0.414 e. The van der Waals surface area contributed by atoms with Gasteiger partial charge in [0.2, 0.25) is 11.3 Å². The highest BCUT2D eigenvalue weighted by molar-refractivity contribution is 5.95. The molecule has 2 bridgehead atoms. The number of nitrogens with zero attached hydrogens (tertiary/aromatic N) is 2. The molecule has 1 saturated heterocycles. The molecule has 3 saturated carbocycles. The second kappa shape index (κ2) is 13.4. The number of aromatic nitrogens is 1. The first kappa shape index (κ1) is 37.6. The number of benzene rings is 1. The van der Waals surface area contributed by atoms with Crippen LogP contribution in [0.25, 0.3) is 10.9 Å². The van der Waals surface area contributed by atoms with E-state index in [0.717, 1.165) is 25.1 Å². The number of nitrogens with one attached hydrogen (secondary N) is 1. The summed E-state index contributed by atoms with van der Waals surface area (Å²) < 4.78 is 38.8. The van der Waals surface area contributed by atoms with Crippen molar-refractivity contribution in [3.05, 3.63) is 52.3 Å². The monoisotopic (exact) mass is 725 g/mol. The van der Waals surface area contributed by atoms with Crippen LogP contribution in [-0.4, -0.2) is 63.8 Å². The van der Waals surface area contributed by atoms with Crippen LogP contribution in [0.1, 0.15) is 89.9 Å². The van der Waals surface area contributed by atoms with Gasteiger partial charge >= 0.3 is 12.1 Å². The largest absolute Gasteiger partial charge is 0.477 e. The molecule has 2 unspecified atom stereocenters. The molecule has 4 fully saturated rings. The number of aromatic carboxylic acids is 1. The number of piperidine rings is 1. The van der Waals surface area contributed by atoms with Crippen LogP contribution in [0, 0.1) is 51.6 Å². The van der Waals surface area contributed by atoms with E-state index < -0.39 is 80.9 Å². The number of halogens is 2. The van der Waals surface area contributed by atoms with Crippen LogP contribution in [0.2, 0.25) is 0 Å². The highest BCUT2D eigenvalue weighted by atomic mass is 19.1. The first-order chi connectivity index (χ1) is 24.4. The Kier molecular flexibility index (Phi) is 9.68. The number of hydrogen-bond donors (Lipinski definition) is 3. The van der Waals surface area contributed by atoms with Gasteiger partial charge in [-0.05, 0) is 68.8 Å². The van der Waals surface area contributed by atoms with Gasteiger partial charge in [0.05, 0.1) is 17.0 Å². The number of hydrogen-bond acceptors (Lipinski definition) is 8. The van der Waals surface area contributed by atoms with E-state index in [1.807, 2.05) is 20.8 Å². The summed E-state index contributed by atoms with van der Waals surface area (Å²) in [6.45, 7) is 13.9. The zero-order valence-corrected chi connectivity index (χ0v) is 30.5. The maximum absolute atomic E-state index is 16.0. The number of rotatable bonds is 6. The Morgan fingerprint density at radius 2 is 1.79 bits per heavy atom. The van der Waals surface area contributed by atoms with Crippen LogP contribution in [0.15, 0.2) is 29.7 Å². The molecule has 0 radical (unpaired) electrons. The third-order valence-corrected chi connectivity index (χ3v) is 13.8. The molecule has 4 aliphatic rings. The first-order valence-corrected chi connectivity index (χ1v) is 18.3. The number of aliphatic hydroxyl groups excluding tert-OH is 1. The highest BCUT2D eigenvalue weighted by Gasteiger charge is 2.68. The number of carbonyl (C=O) groups is 4. The lowest BCUT2D eigenvalue weighted by Gasteiger charge is -2.61. The van der Waals surface area contributed by atoms with Crippen molar-refractivity contribution in [1.29, 1.82) is 0 Å². The average molecular weight is 726 g/mol. The SMILES string of the molecule is C=C[C@]1(C)C[C@@H](OC(=O)NC(=O)C2CCN(c3c(F)cc4c(=O)c(C(=O)O)cn(CC)c4c3F)CC2)[C@@]2(C)C3C(=O)CCC3(CC[C@H]2C)[C@@H](C)[C@@H]1O. The molecule has 1 aliphatic heterocycles. The Labute approximate surface area is 301 Å². The van der Waals surface area contributed by atoms with Gasteiger partial charge < -0.3 is 24.4 Å². The number of ketones is 1. The summed E-state index contributed by atoms with van der Waals surface area (Å²) in [6.07, 6.45) is 3.36. The predicted octanol–water partition coefficient (Wildman–Crippen LogP) is 5.83. The molecular weight excluding hydrogens is 676 g/mol. The molecular formula is C39H49F2N3O8. The van der Waals surface area contributed by atoms with Crippen molar-refractivity contribution in [3.63, 3.8) is 0 Å². The molecule has 2 amide bonds. The minimum Gasteiger partial charge on any atom is -0.477 e. The van der Waals surface area contributed by atoms with Gasteiger partial charge in [0.1, 0.15) is 29.0 Å². The molecule has 3 aliphatic carbocycles. The number of ether oxygens (including phenoxy) is 1. The molecule has 13 heteroatoms. The fourth-order valence-corrected chi connectivity index (χ4v) is 10.4. The summed E-state index contributed by atoms with van der Waals surface area (Å²) in [7, 11) is 0. The van der Waals surface area contributed by atoms with E-state index >= 15 is 8.78 Å². The molecule has 3 N–H and O–H groups in total. The van der Waals surface area contributed by atoms with Crippen molar-refractivity contribution in [1.82, 2.24) is 9.88 Å². The van der Waals surface area contributed by atoms with E-state index in [-0.39, 0.29) is 73.1 Å². The molecule has 282 valence electrons. The lowest BCUT2D eigenvalue weighted by molar-refractivity contribution is -0.191. The zero-order chi connectivity index (χ0) is 38.1. The standard InChI is InChI=1S/C39H49F2N3O8/c1-7-37(5)18-27(38(6)20(3)9-13-39(21(4)33(37)47)14-10-26(45)32(38)39)52-36(51)42-34(48)22-11-15-44(16-12-22)30-25(40)17-23-29(28(30)41)43(8-2)19-24(31(23)46)35(49)50/h7,17,19-22,27,32-33,47H,1,8-16,18H2,2-6H3,(H,49,50)(H,42,48,51)/t20-,21+,27-,32?,33+,37-,38+,39?/m1/s1. The van der Waals surface area contributed by atoms with Gasteiger partial charge in [-0.15, -0.1) is 6.58 Å². The highest BCUT2D eigenvalue weighted by Crippen LogP contribution is 2.68. The fraction of sp³-hybridized carbons (Fsp3) is 0.615. The number of amides is 2. The number of alkyl carbamates (subject to hydrolysis) is 1. The predicted molar refractivity (Wildman–Crippen MR) is 189 cm³/mol. The van der Waals surface area contributed by atoms with Crippen molar-refractivity contribution < 1.29 is 42.9 Å². The van der Waals surface area contributed by atoms with Gasteiger partial charge in [-0.2, -0.15) is 0 Å². The number of imide groups is 1. The number of carboxylic acids is 1. The second-order valence-electron chi connectivity index (χ2n) is 16.1. The van der Waals surface area contributed by atoms with Gasteiger partial charge in [-0.3, -0.25) is 19.7 Å². The van der Waals surface area contributed by atoms with Crippen molar-refractivity contribution >= 4 is 40.3 Å². The molecule has 0 spiro atoms. The average Bonchev–Trinajstić information content (AvgIpc) is 3.46. The summed E-state index contributed by atoms with van der Waals surface area (Å²) in [6, 6.07) is 0.854. The van der Waals surface area contributed by atoms with Crippen molar-refractivity contribution in [2.24, 2.45) is 39.9 Å². The minimum absolute atomic E-state index is 0.0177. The maximum atomic E-state index is 16.0. The number of pyridine rings is 1. The van der Waals surface area contributed by atoms with Gasteiger partial charge in [0.25, 0.3) is 0 Å². The van der Waals surface area contributed by atoms with Crippen molar-refractivity contribution in [2.45, 2.75) is 98.3 Å². The number of Topliss-reactive ketones (excluding diaryl/α,β-unsaturated/α-hetero) is 1. The van der Waals surface area contributed by atoms with E-state index in [9.17, 15) is 34.2 Å². The molecule has 11 nitrogen and oxygen atoms in total.